The van der Waals surface area contributed by atoms with E-state index in [4.69, 9.17) is 33.2 Å². The number of ether oxygens (including phenoxy) is 7. The summed E-state index contributed by atoms with van der Waals surface area (Å²) in [4.78, 5) is 36.5. The number of hydrogen-bond acceptors (Lipinski definition) is 22. The molecule has 0 bridgehead atoms. The quantitative estimate of drug-likeness (QED) is 0.0729. The number of rotatable bonds is 15. The molecule has 4 rings (SSSR count). The van der Waals surface area contributed by atoms with Crippen LogP contribution in [-0.4, -0.2) is 232 Å². The first-order valence-corrected chi connectivity index (χ1v) is 17.6. The molecule has 0 aromatic rings. The standard InChI is InChI=1S/C31H52N2O23/c1-8(36)15(32-9(2)37)25-16(33-10(3)38)12(4-31(49,56-25)30(47)48)51-29-23(46)26(18(41)14(6-35)53-29)55-28-22(45)20(43)24(54-28)11(39)7-50-27-21(44)19(42)17(40)13(5-34)52-27/h8,11-29,34-36,39-46,49H,4-7H2,1-3H3,(H,32,37)(H,33,38)(H,47,48)/t8-,11+,12-,13+,14+,15-,16-,17-,18-,19-,20+,21+,22+,23+,24-,25-,26-,27+,28-,29-,31-/m0/s1. The van der Waals surface area contributed by atoms with Crippen LogP contribution < -0.4 is 10.6 Å². The van der Waals surface area contributed by atoms with Crippen LogP contribution in [0.1, 0.15) is 27.2 Å². The highest BCUT2D eigenvalue weighted by Gasteiger charge is 2.58. The minimum Gasteiger partial charge on any atom is -0.477 e. The van der Waals surface area contributed by atoms with Crippen molar-refractivity contribution in [2.45, 2.75) is 155 Å². The van der Waals surface area contributed by atoms with Crippen molar-refractivity contribution in [2.24, 2.45) is 0 Å². The fraction of sp³-hybridized carbons (Fsp3) is 0.903. The fourth-order valence-electron chi connectivity index (χ4n) is 6.90. The molecule has 15 N–H and O–H groups in total. The fourth-order valence-corrected chi connectivity index (χ4v) is 6.90. The predicted molar refractivity (Wildman–Crippen MR) is 173 cm³/mol. The van der Waals surface area contributed by atoms with Gasteiger partial charge in [-0.1, -0.05) is 0 Å². The Balaban J connectivity index is 1.53. The molecule has 0 spiro atoms. The average molecular weight is 821 g/mol. The summed E-state index contributed by atoms with van der Waals surface area (Å²) in [5, 5.41) is 140. The molecule has 0 aromatic carbocycles. The molecule has 324 valence electrons. The van der Waals surface area contributed by atoms with Crippen molar-refractivity contribution in [3.63, 3.8) is 0 Å². The van der Waals surface area contributed by atoms with E-state index >= 15 is 0 Å². The molecule has 4 heterocycles. The van der Waals surface area contributed by atoms with Gasteiger partial charge in [-0.25, -0.2) is 4.79 Å². The summed E-state index contributed by atoms with van der Waals surface area (Å²) in [6.07, 6.45) is -33.2. The molecule has 4 fully saturated rings. The van der Waals surface area contributed by atoms with Crippen molar-refractivity contribution >= 4 is 17.8 Å². The molecule has 0 aromatic heterocycles. The van der Waals surface area contributed by atoms with E-state index in [2.05, 4.69) is 10.6 Å². The van der Waals surface area contributed by atoms with E-state index in [0.29, 0.717) is 0 Å². The van der Waals surface area contributed by atoms with Crippen LogP contribution in [0.5, 0.6) is 0 Å². The summed E-state index contributed by atoms with van der Waals surface area (Å²) in [7, 11) is 0. The molecule has 0 saturated carbocycles. The second kappa shape index (κ2) is 19.1. The highest BCUT2D eigenvalue weighted by molar-refractivity contribution is 5.76. The molecule has 25 heteroatoms. The van der Waals surface area contributed by atoms with Gasteiger partial charge in [0.15, 0.2) is 18.9 Å². The van der Waals surface area contributed by atoms with Crippen molar-refractivity contribution in [1.82, 2.24) is 10.6 Å². The van der Waals surface area contributed by atoms with Gasteiger partial charge in [0.1, 0.15) is 79.4 Å². The lowest BCUT2D eigenvalue weighted by Crippen LogP contribution is -2.71. The van der Waals surface area contributed by atoms with Crippen LogP contribution in [0.4, 0.5) is 0 Å². The summed E-state index contributed by atoms with van der Waals surface area (Å²) < 4.78 is 38.5. The maximum atomic E-state index is 12.3. The van der Waals surface area contributed by atoms with E-state index < -0.39 is 172 Å². The minimum absolute atomic E-state index is 0.716. The van der Waals surface area contributed by atoms with Crippen molar-refractivity contribution in [3.8, 4) is 0 Å². The zero-order valence-corrected chi connectivity index (χ0v) is 30.3. The molecule has 2 amide bonds. The van der Waals surface area contributed by atoms with Gasteiger partial charge in [0.2, 0.25) is 11.8 Å². The summed E-state index contributed by atoms with van der Waals surface area (Å²) in [5.74, 6) is -6.49. The van der Waals surface area contributed by atoms with E-state index in [-0.39, 0.29) is 0 Å². The van der Waals surface area contributed by atoms with E-state index in [0.717, 1.165) is 13.8 Å². The Labute approximate surface area is 317 Å². The minimum atomic E-state index is -3.08. The maximum absolute atomic E-state index is 12.3. The molecule has 4 aliphatic rings. The van der Waals surface area contributed by atoms with Crippen LogP contribution in [0.3, 0.4) is 0 Å². The van der Waals surface area contributed by atoms with Crippen LogP contribution >= 0.6 is 0 Å². The summed E-state index contributed by atoms with van der Waals surface area (Å²) in [6, 6.07) is -2.96. The summed E-state index contributed by atoms with van der Waals surface area (Å²) >= 11 is 0. The molecule has 0 radical (unpaired) electrons. The second-order valence-corrected chi connectivity index (χ2v) is 14.1. The molecular weight excluding hydrogens is 768 g/mol. The summed E-state index contributed by atoms with van der Waals surface area (Å²) in [6.45, 7) is 0.808. The van der Waals surface area contributed by atoms with Crippen LogP contribution in [0.2, 0.25) is 0 Å². The van der Waals surface area contributed by atoms with Crippen LogP contribution in [-0.2, 0) is 47.5 Å². The molecule has 21 atom stereocenters. The van der Waals surface area contributed by atoms with Gasteiger partial charge >= 0.3 is 5.97 Å². The predicted octanol–water partition coefficient (Wildman–Crippen LogP) is -9.23. The lowest BCUT2D eigenvalue weighted by molar-refractivity contribution is -0.354. The molecule has 4 saturated heterocycles. The summed E-state index contributed by atoms with van der Waals surface area (Å²) in [5.41, 5.74) is 0. The van der Waals surface area contributed by atoms with Gasteiger partial charge in [-0.05, 0) is 6.92 Å². The Morgan fingerprint density at radius 3 is 1.88 bits per heavy atom. The zero-order chi connectivity index (χ0) is 42.0. The number of carboxylic acid groups (broad SMARTS) is 1. The molecule has 0 aliphatic carbocycles. The van der Waals surface area contributed by atoms with Gasteiger partial charge in [0.25, 0.3) is 5.79 Å². The Bertz CT molecular complexity index is 1330. The first-order chi connectivity index (χ1) is 26.1. The third kappa shape index (κ3) is 10.1. The highest BCUT2D eigenvalue weighted by atomic mass is 16.8. The number of nitrogens with one attached hydrogen (secondary N) is 2. The van der Waals surface area contributed by atoms with Crippen LogP contribution in [0.15, 0.2) is 0 Å². The third-order valence-corrected chi connectivity index (χ3v) is 9.85. The van der Waals surface area contributed by atoms with E-state index in [9.17, 15) is 80.8 Å². The topological polar surface area (TPSA) is 403 Å². The number of aliphatic hydroxyl groups excluding tert-OH is 11. The van der Waals surface area contributed by atoms with Crippen molar-refractivity contribution in [1.29, 1.82) is 0 Å². The number of aliphatic hydroxyl groups is 12. The van der Waals surface area contributed by atoms with Gasteiger partial charge in [-0.2, -0.15) is 0 Å². The van der Waals surface area contributed by atoms with Gasteiger partial charge in [-0.15, -0.1) is 0 Å². The molecule has 4 aliphatic heterocycles. The van der Waals surface area contributed by atoms with Crippen LogP contribution in [0.25, 0.3) is 0 Å². The number of amides is 2. The normalized spacial score (nSPS) is 44.7. The SMILES string of the molecule is CC(=O)N[C@H]([C@@H]1O[C@](O)(C(=O)O)C[C@H](O[C@H]2O[C@H](CO)[C@H](O)[C@H](O[C@@H]3O[C@@H]([C@H](O)CO[C@@H]4O[C@H](CO)[C@H](O)[C@H](O)[C@H]4O)[C@H](O)[C@H]3O)[C@H]2O)[C@@H]1NC(C)=O)[C@H](C)O. The molecule has 56 heavy (non-hydrogen) atoms. The first-order valence-electron chi connectivity index (χ1n) is 17.6. The lowest BCUT2D eigenvalue weighted by Gasteiger charge is -2.49. The monoisotopic (exact) mass is 820 g/mol. The number of carbonyl (C=O) groups is 3. The highest BCUT2D eigenvalue weighted by Crippen LogP contribution is 2.36. The zero-order valence-electron chi connectivity index (χ0n) is 30.3. The van der Waals surface area contributed by atoms with Gasteiger partial charge in [0.05, 0.1) is 44.1 Å². The third-order valence-electron chi connectivity index (χ3n) is 9.85. The van der Waals surface area contributed by atoms with E-state index in [1.165, 1.54) is 6.92 Å². The Morgan fingerprint density at radius 1 is 0.750 bits per heavy atom. The van der Waals surface area contributed by atoms with E-state index in [1.54, 1.807) is 0 Å². The Morgan fingerprint density at radius 2 is 1.32 bits per heavy atom. The smallest absolute Gasteiger partial charge is 0.364 e. The Hall–Kier alpha value is -2.35. The lowest BCUT2D eigenvalue weighted by atomic mass is 9.87. The second-order valence-electron chi connectivity index (χ2n) is 14.1. The average Bonchev–Trinajstić information content (AvgIpc) is 3.41. The maximum Gasteiger partial charge on any atom is 0.364 e. The molecule has 25 nitrogen and oxygen atoms in total. The Kier molecular flexibility index (Phi) is 15.8. The van der Waals surface area contributed by atoms with Crippen molar-refractivity contribution < 1.29 is 114 Å². The number of carboxylic acids is 1. The number of hydrogen-bond donors (Lipinski definition) is 15. The van der Waals surface area contributed by atoms with Crippen molar-refractivity contribution in [2.75, 3.05) is 19.8 Å². The molecule has 0 unspecified atom stereocenters. The van der Waals surface area contributed by atoms with Gasteiger partial charge in [-0.3, -0.25) is 9.59 Å². The van der Waals surface area contributed by atoms with Crippen LogP contribution in [0, 0.1) is 0 Å². The van der Waals surface area contributed by atoms with Gasteiger partial charge in [0, 0.05) is 20.3 Å². The largest absolute Gasteiger partial charge is 0.477 e. The van der Waals surface area contributed by atoms with E-state index in [1.807, 2.05) is 0 Å². The number of aliphatic carboxylic acids is 1. The molecular formula is C31H52N2O23. The number of carbonyl (C=O) groups excluding carboxylic acids is 2. The first kappa shape index (κ1) is 46.3. The van der Waals surface area contributed by atoms with Crippen molar-refractivity contribution in [3.05, 3.63) is 0 Å². The van der Waals surface area contributed by atoms with Gasteiger partial charge < -0.3 is 110 Å².